The number of methoxy groups -OCH3 is 1. The van der Waals surface area contributed by atoms with Crippen molar-refractivity contribution in [3.63, 3.8) is 0 Å². The lowest BCUT2D eigenvalue weighted by Crippen LogP contribution is -2.27. The topological polar surface area (TPSA) is 98.5 Å². The summed E-state index contributed by atoms with van der Waals surface area (Å²) in [6.45, 7) is 0.882. The Morgan fingerprint density at radius 2 is 2.07 bits per heavy atom. The molecule has 0 unspecified atom stereocenters. The molecule has 0 spiro atoms. The molecule has 90 valence electrons. The quantitative estimate of drug-likeness (QED) is 0.541. The number of nitrogens with one attached hydrogen (secondary N) is 1. The van der Waals surface area contributed by atoms with E-state index in [-0.39, 0.29) is 11.7 Å². The summed E-state index contributed by atoms with van der Waals surface area (Å²) in [5.74, 6) is -0.202. The highest BCUT2D eigenvalue weighted by Crippen LogP contribution is 1.90. The van der Waals surface area contributed by atoms with Gasteiger partial charge in [0.1, 0.15) is 0 Å². The van der Waals surface area contributed by atoms with Crippen molar-refractivity contribution in [3.8, 4) is 0 Å². The van der Waals surface area contributed by atoms with Crippen molar-refractivity contribution in [1.82, 2.24) is 5.32 Å². The Morgan fingerprint density at radius 1 is 1.40 bits per heavy atom. The van der Waals surface area contributed by atoms with Crippen LogP contribution < -0.4 is 10.5 Å². The van der Waals surface area contributed by atoms with Crippen LogP contribution in [-0.4, -0.2) is 40.3 Å². The van der Waals surface area contributed by atoms with Crippen LogP contribution in [-0.2, 0) is 19.6 Å². The van der Waals surface area contributed by atoms with Gasteiger partial charge < -0.3 is 10.1 Å². The van der Waals surface area contributed by atoms with Gasteiger partial charge in [-0.15, -0.1) is 0 Å². The molecule has 0 rings (SSSR count). The van der Waals surface area contributed by atoms with Gasteiger partial charge in [0.2, 0.25) is 15.9 Å². The molecule has 0 aliphatic heterocycles. The van der Waals surface area contributed by atoms with Crippen molar-refractivity contribution >= 4 is 15.9 Å². The third-order valence-corrected chi connectivity index (χ3v) is 2.54. The van der Waals surface area contributed by atoms with Gasteiger partial charge in [0.15, 0.2) is 0 Å². The first-order chi connectivity index (χ1) is 6.95. The summed E-state index contributed by atoms with van der Waals surface area (Å²) < 4.78 is 25.9. The van der Waals surface area contributed by atoms with Gasteiger partial charge in [0.25, 0.3) is 0 Å². The fourth-order valence-electron chi connectivity index (χ4n) is 0.967. The van der Waals surface area contributed by atoms with Gasteiger partial charge in [-0.2, -0.15) is 0 Å². The van der Waals surface area contributed by atoms with Crippen molar-refractivity contribution in [3.05, 3.63) is 0 Å². The van der Waals surface area contributed by atoms with Crippen LogP contribution in [0.3, 0.4) is 0 Å². The normalized spacial score (nSPS) is 11.3. The molecule has 0 heterocycles. The highest BCUT2D eigenvalue weighted by Gasteiger charge is 2.03. The smallest absolute Gasteiger partial charge is 0.220 e. The molecule has 0 atom stereocenters. The zero-order valence-electron chi connectivity index (χ0n) is 8.86. The predicted octanol–water partition coefficient (Wildman–Crippen LogP) is -0.792. The molecule has 0 fully saturated rings. The van der Waals surface area contributed by atoms with Crippen molar-refractivity contribution < 1.29 is 17.9 Å². The molecular weight excluding hydrogens is 220 g/mol. The molecule has 0 aromatic rings. The van der Waals surface area contributed by atoms with Gasteiger partial charge in [0.05, 0.1) is 5.75 Å². The zero-order chi connectivity index (χ0) is 11.7. The number of sulfonamides is 1. The van der Waals surface area contributed by atoms with Crippen molar-refractivity contribution in [2.75, 3.05) is 26.0 Å². The van der Waals surface area contributed by atoms with Gasteiger partial charge in [0, 0.05) is 26.7 Å². The van der Waals surface area contributed by atoms with Gasteiger partial charge in [-0.25, -0.2) is 13.6 Å². The van der Waals surface area contributed by atoms with Crippen LogP contribution in [0, 0.1) is 0 Å². The van der Waals surface area contributed by atoms with E-state index in [0.717, 1.165) is 0 Å². The SMILES string of the molecule is COCCCC(=O)NCCCS(N)(=O)=O. The molecule has 15 heavy (non-hydrogen) atoms. The van der Waals surface area contributed by atoms with Gasteiger partial charge >= 0.3 is 0 Å². The first-order valence-electron chi connectivity index (χ1n) is 4.72. The number of nitrogens with two attached hydrogens (primary N) is 1. The molecule has 0 aliphatic rings. The Bertz CT molecular complexity index is 276. The van der Waals surface area contributed by atoms with Gasteiger partial charge in [-0.05, 0) is 12.8 Å². The van der Waals surface area contributed by atoms with E-state index in [1.54, 1.807) is 7.11 Å². The molecular formula is C8H18N2O4S. The number of amides is 1. The lowest BCUT2D eigenvalue weighted by Gasteiger charge is -2.04. The summed E-state index contributed by atoms with van der Waals surface area (Å²) in [5.41, 5.74) is 0. The van der Waals surface area contributed by atoms with E-state index < -0.39 is 10.0 Å². The molecule has 3 N–H and O–H groups in total. The minimum Gasteiger partial charge on any atom is -0.385 e. The lowest BCUT2D eigenvalue weighted by atomic mass is 10.3. The highest BCUT2D eigenvalue weighted by molar-refractivity contribution is 7.89. The molecule has 0 saturated carbocycles. The minimum atomic E-state index is -3.41. The summed E-state index contributed by atoms with van der Waals surface area (Å²) in [6, 6.07) is 0. The van der Waals surface area contributed by atoms with Crippen molar-refractivity contribution in [1.29, 1.82) is 0 Å². The van der Waals surface area contributed by atoms with Crippen LogP contribution in [0.4, 0.5) is 0 Å². The van der Waals surface area contributed by atoms with E-state index in [4.69, 9.17) is 9.88 Å². The van der Waals surface area contributed by atoms with E-state index >= 15 is 0 Å². The summed E-state index contributed by atoms with van der Waals surface area (Å²) >= 11 is 0. The lowest BCUT2D eigenvalue weighted by molar-refractivity contribution is -0.121. The molecule has 0 saturated heterocycles. The Hall–Kier alpha value is -0.660. The highest BCUT2D eigenvalue weighted by atomic mass is 32.2. The Balaban J connectivity index is 3.39. The second-order valence-electron chi connectivity index (χ2n) is 3.17. The minimum absolute atomic E-state index is 0.0959. The van der Waals surface area contributed by atoms with Crippen LogP contribution in [0.1, 0.15) is 19.3 Å². The number of hydrogen-bond donors (Lipinski definition) is 2. The standard InChI is InChI=1S/C8H18N2O4S/c1-14-6-2-4-8(11)10-5-3-7-15(9,12)13/h2-7H2,1H3,(H,10,11)(H2,9,12,13). The van der Waals surface area contributed by atoms with Crippen LogP contribution in [0.5, 0.6) is 0 Å². The van der Waals surface area contributed by atoms with Gasteiger partial charge in [-0.1, -0.05) is 0 Å². The third-order valence-electron chi connectivity index (χ3n) is 1.68. The molecule has 0 bridgehead atoms. The van der Waals surface area contributed by atoms with Crippen LogP contribution in [0.25, 0.3) is 0 Å². The van der Waals surface area contributed by atoms with E-state index in [1.165, 1.54) is 0 Å². The Labute approximate surface area is 90.2 Å². The van der Waals surface area contributed by atoms with Crippen LogP contribution >= 0.6 is 0 Å². The number of ether oxygens (including phenoxy) is 1. The molecule has 0 aromatic heterocycles. The number of primary sulfonamides is 1. The van der Waals surface area contributed by atoms with E-state index in [0.29, 0.717) is 32.4 Å². The largest absolute Gasteiger partial charge is 0.385 e. The van der Waals surface area contributed by atoms with E-state index in [2.05, 4.69) is 5.32 Å². The summed E-state index contributed by atoms with van der Waals surface area (Å²) in [6.07, 6.45) is 1.40. The van der Waals surface area contributed by atoms with E-state index in [1.807, 2.05) is 0 Å². The second-order valence-corrected chi connectivity index (χ2v) is 4.90. The van der Waals surface area contributed by atoms with Crippen LogP contribution in [0.2, 0.25) is 0 Å². The average molecular weight is 238 g/mol. The Kier molecular flexibility index (Phi) is 7.27. The summed E-state index contributed by atoms with van der Waals surface area (Å²) in [7, 11) is -1.84. The van der Waals surface area contributed by atoms with E-state index in [9.17, 15) is 13.2 Å². The maximum absolute atomic E-state index is 11.1. The monoisotopic (exact) mass is 238 g/mol. The summed E-state index contributed by atoms with van der Waals surface area (Å²) in [5, 5.41) is 7.39. The fraction of sp³-hybridized carbons (Fsp3) is 0.875. The average Bonchev–Trinajstić information content (AvgIpc) is 2.11. The van der Waals surface area contributed by atoms with Crippen molar-refractivity contribution in [2.24, 2.45) is 5.14 Å². The van der Waals surface area contributed by atoms with Crippen LogP contribution in [0.15, 0.2) is 0 Å². The molecule has 0 aliphatic carbocycles. The second kappa shape index (κ2) is 7.61. The molecule has 1 amide bonds. The Morgan fingerprint density at radius 3 is 2.60 bits per heavy atom. The molecule has 0 radical (unpaired) electrons. The third kappa shape index (κ3) is 11.3. The molecule has 7 heteroatoms. The zero-order valence-corrected chi connectivity index (χ0v) is 9.68. The number of carbonyl (C=O) groups is 1. The number of hydrogen-bond acceptors (Lipinski definition) is 4. The predicted molar refractivity (Wildman–Crippen MR) is 56.7 cm³/mol. The summed E-state index contributed by atoms with van der Waals surface area (Å²) in [4.78, 5) is 11.1. The van der Waals surface area contributed by atoms with Gasteiger partial charge in [-0.3, -0.25) is 4.79 Å². The number of carbonyl (C=O) groups excluding carboxylic acids is 1. The molecule has 0 aromatic carbocycles. The molecule has 6 nitrogen and oxygen atoms in total. The first kappa shape index (κ1) is 14.3. The van der Waals surface area contributed by atoms with Crippen molar-refractivity contribution in [2.45, 2.75) is 19.3 Å². The first-order valence-corrected chi connectivity index (χ1v) is 6.43. The fourth-order valence-corrected chi connectivity index (χ4v) is 1.51. The number of rotatable bonds is 8. The maximum Gasteiger partial charge on any atom is 0.220 e. The maximum atomic E-state index is 11.1.